The molecule has 1 heterocycles. The first-order chi connectivity index (χ1) is 13.8. The number of fused-ring (bicyclic) bond motifs is 1. The number of hydrogen-bond donors (Lipinski definition) is 2. The highest BCUT2D eigenvalue weighted by Crippen LogP contribution is 2.40. The number of carbonyl (C=O) groups is 2. The highest BCUT2D eigenvalue weighted by atomic mass is 35.5. The summed E-state index contributed by atoms with van der Waals surface area (Å²) in [7, 11) is 0. The molecule has 0 atom stereocenters. The van der Waals surface area contributed by atoms with E-state index in [1.807, 2.05) is 0 Å². The molecule has 0 fully saturated rings. The molecule has 11 heteroatoms. The summed E-state index contributed by atoms with van der Waals surface area (Å²) >= 11 is 12.6. The Labute approximate surface area is 173 Å². The number of nitrogens with one attached hydrogen (secondary N) is 2. The molecule has 0 aliphatic carbocycles. The number of hydrogen-bond acceptors (Lipinski definition) is 6. The van der Waals surface area contributed by atoms with E-state index in [1.54, 1.807) is 24.3 Å². The number of carbonyl (C=O) groups excluding carboxylic acids is 2. The molecule has 9 nitrogen and oxygen atoms in total. The summed E-state index contributed by atoms with van der Waals surface area (Å²) in [5.74, 6) is -0.431. The van der Waals surface area contributed by atoms with E-state index in [0.29, 0.717) is 10.8 Å². The molecule has 3 aromatic rings. The number of halogens is 2. The second-order valence-corrected chi connectivity index (χ2v) is 6.50. The molecule has 29 heavy (non-hydrogen) atoms. The van der Waals surface area contributed by atoms with Gasteiger partial charge in [0, 0.05) is 13.6 Å². The van der Waals surface area contributed by atoms with E-state index < -0.39 is 11.9 Å². The number of urea groups is 1. The van der Waals surface area contributed by atoms with Crippen LogP contribution >= 0.6 is 23.2 Å². The number of aromatic amines is 1. The number of H-pyrrole nitrogens is 1. The first-order valence-corrected chi connectivity index (χ1v) is 8.80. The van der Waals surface area contributed by atoms with Crippen LogP contribution < -0.4 is 20.6 Å². The van der Waals surface area contributed by atoms with Crippen LogP contribution in [0.4, 0.5) is 10.5 Å². The monoisotopic (exact) mass is 433 g/mol. The molecule has 2 N–H and O–H groups in total. The molecule has 1 aromatic heterocycles. The van der Waals surface area contributed by atoms with Crippen molar-refractivity contribution in [3.05, 3.63) is 56.8 Å². The number of nitrogens with zero attached hydrogens (tertiary/aromatic N) is 3. The van der Waals surface area contributed by atoms with E-state index in [1.165, 1.54) is 19.1 Å². The minimum Gasteiger partial charge on any atom is -0.434 e. The lowest BCUT2D eigenvalue weighted by molar-refractivity contribution is -0.117. The van der Waals surface area contributed by atoms with Crippen molar-refractivity contribution < 1.29 is 14.3 Å². The maximum absolute atomic E-state index is 12.1. The molecule has 3 amide bonds. The second-order valence-electron chi connectivity index (χ2n) is 5.68. The van der Waals surface area contributed by atoms with E-state index in [4.69, 9.17) is 27.9 Å². The van der Waals surface area contributed by atoms with Crippen LogP contribution in [0.15, 0.2) is 46.3 Å². The Kier molecular flexibility index (Phi) is 5.81. The van der Waals surface area contributed by atoms with Crippen molar-refractivity contribution in [1.29, 1.82) is 0 Å². The van der Waals surface area contributed by atoms with Crippen LogP contribution in [0.3, 0.4) is 0 Å². The third-order valence-corrected chi connectivity index (χ3v) is 4.27. The van der Waals surface area contributed by atoms with Crippen LogP contribution in [0.1, 0.15) is 6.92 Å². The third-order valence-electron chi connectivity index (χ3n) is 3.70. The van der Waals surface area contributed by atoms with E-state index in [9.17, 15) is 14.4 Å². The summed E-state index contributed by atoms with van der Waals surface area (Å²) in [5, 5.41) is 13.6. The lowest BCUT2D eigenvalue weighted by Gasteiger charge is -2.18. The molecule has 0 spiro atoms. The van der Waals surface area contributed by atoms with Gasteiger partial charge in [0.1, 0.15) is 0 Å². The molecule has 3 rings (SSSR count). The lowest BCUT2D eigenvalue weighted by atomic mass is 10.2. The average molecular weight is 434 g/mol. The van der Waals surface area contributed by atoms with E-state index in [0.717, 1.165) is 5.01 Å². The maximum atomic E-state index is 12.1. The van der Waals surface area contributed by atoms with Gasteiger partial charge < -0.3 is 4.74 Å². The van der Waals surface area contributed by atoms with Crippen LogP contribution in [0, 0.1) is 0 Å². The molecule has 0 aliphatic heterocycles. The fourth-order valence-electron chi connectivity index (χ4n) is 2.50. The maximum Gasteiger partial charge on any atom is 0.349 e. The van der Waals surface area contributed by atoms with Gasteiger partial charge in [-0.3, -0.25) is 14.9 Å². The van der Waals surface area contributed by atoms with Gasteiger partial charge >= 0.3 is 6.03 Å². The fourth-order valence-corrected chi connectivity index (χ4v) is 3.05. The first-order valence-electron chi connectivity index (χ1n) is 8.04. The number of benzene rings is 2. The molecule has 0 unspecified atom stereocenters. The summed E-state index contributed by atoms with van der Waals surface area (Å²) in [5.41, 5.74) is -0.218. The van der Waals surface area contributed by atoms with Crippen LogP contribution in [-0.2, 0) is 4.79 Å². The number of rotatable bonds is 4. The number of ether oxygens (including phenoxy) is 1. The zero-order valence-electron chi connectivity index (χ0n) is 14.9. The largest absolute Gasteiger partial charge is 0.434 e. The molecule has 2 aromatic carbocycles. The normalized spacial score (nSPS) is 10.4. The Hall–Kier alpha value is -3.43. The highest BCUT2D eigenvalue weighted by Gasteiger charge is 2.20. The van der Waals surface area contributed by atoms with Crippen molar-refractivity contribution in [1.82, 2.24) is 15.5 Å². The Morgan fingerprint density at radius 2 is 1.83 bits per heavy atom. The molecule has 0 aliphatic rings. The number of imide groups is 1. The fraction of sp³-hybridized carbons (Fsp3) is 0.0556. The van der Waals surface area contributed by atoms with Gasteiger partial charge in [0.05, 0.1) is 26.5 Å². The summed E-state index contributed by atoms with van der Waals surface area (Å²) in [4.78, 5) is 35.1. The summed E-state index contributed by atoms with van der Waals surface area (Å²) < 4.78 is 5.74. The predicted molar refractivity (Wildman–Crippen MR) is 110 cm³/mol. The number of amides is 3. The molecular weight excluding hydrogens is 421 g/mol. The molecule has 0 saturated heterocycles. The minimum atomic E-state index is -0.832. The minimum absolute atomic E-state index is 0.0360. The van der Waals surface area contributed by atoms with E-state index >= 15 is 0 Å². The first kappa shape index (κ1) is 20.3. The van der Waals surface area contributed by atoms with Crippen molar-refractivity contribution in [2.24, 2.45) is 5.10 Å². The van der Waals surface area contributed by atoms with Gasteiger partial charge in [-0.1, -0.05) is 35.3 Å². The Morgan fingerprint density at radius 3 is 2.41 bits per heavy atom. The van der Waals surface area contributed by atoms with Gasteiger partial charge in [0.15, 0.2) is 5.75 Å². The quantitative estimate of drug-likeness (QED) is 0.480. The van der Waals surface area contributed by atoms with Crippen molar-refractivity contribution in [2.75, 3.05) is 5.01 Å². The summed E-state index contributed by atoms with van der Waals surface area (Å²) in [6.07, 6.45) is 0. The van der Waals surface area contributed by atoms with Crippen LogP contribution in [0.2, 0.25) is 10.0 Å². The zero-order valence-corrected chi connectivity index (χ0v) is 16.4. The SMILES string of the molecule is C=NN(C(=O)NC(C)=O)c1cc(Cl)c(Oc2n[nH]c(=O)c3ccccc23)c(Cl)c1. The van der Waals surface area contributed by atoms with Gasteiger partial charge in [-0.25, -0.2) is 9.89 Å². The Morgan fingerprint density at radius 1 is 1.21 bits per heavy atom. The number of hydrazone groups is 1. The molecule has 148 valence electrons. The Bertz CT molecular complexity index is 1170. The Balaban J connectivity index is 2.00. The van der Waals surface area contributed by atoms with Crippen LogP contribution in [-0.4, -0.2) is 28.9 Å². The zero-order chi connectivity index (χ0) is 21.1. The summed E-state index contributed by atoms with van der Waals surface area (Å²) in [6.45, 7) is 4.48. The topological polar surface area (TPSA) is 117 Å². The van der Waals surface area contributed by atoms with E-state index in [2.05, 4.69) is 27.3 Å². The standard InChI is InChI=1S/C18H13Cl2N5O4/c1-9(26)22-18(28)25(21-2)10-7-13(19)15(14(20)8-10)29-17-12-6-4-3-5-11(12)16(27)23-24-17/h3-8H,2H2,1H3,(H,23,27)(H,22,26,28). The second kappa shape index (κ2) is 8.29. The van der Waals surface area contributed by atoms with Crippen LogP contribution in [0.5, 0.6) is 11.6 Å². The predicted octanol–water partition coefficient (Wildman–Crippen LogP) is 3.70. The molecule has 0 bridgehead atoms. The summed E-state index contributed by atoms with van der Waals surface area (Å²) in [6, 6.07) is 8.59. The van der Waals surface area contributed by atoms with Crippen molar-refractivity contribution in [2.45, 2.75) is 6.92 Å². The van der Waals surface area contributed by atoms with Gasteiger partial charge in [0.2, 0.25) is 11.8 Å². The average Bonchev–Trinajstić information content (AvgIpc) is 2.66. The third kappa shape index (κ3) is 4.20. The smallest absolute Gasteiger partial charge is 0.349 e. The van der Waals surface area contributed by atoms with Crippen LogP contribution in [0.25, 0.3) is 10.8 Å². The van der Waals surface area contributed by atoms with Crippen molar-refractivity contribution >= 4 is 58.3 Å². The van der Waals surface area contributed by atoms with E-state index in [-0.39, 0.29) is 32.9 Å². The number of anilines is 1. The van der Waals surface area contributed by atoms with Gasteiger partial charge in [-0.15, -0.1) is 5.10 Å². The lowest BCUT2D eigenvalue weighted by Crippen LogP contribution is -2.39. The van der Waals surface area contributed by atoms with Gasteiger partial charge in [-0.05, 0) is 24.3 Å². The highest BCUT2D eigenvalue weighted by molar-refractivity contribution is 6.37. The molecule has 0 radical (unpaired) electrons. The van der Waals surface area contributed by atoms with Gasteiger partial charge in [0.25, 0.3) is 5.56 Å². The van der Waals surface area contributed by atoms with Crippen molar-refractivity contribution in [3.8, 4) is 11.6 Å². The van der Waals surface area contributed by atoms with Crippen molar-refractivity contribution in [3.63, 3.8) is 0 Å². The molecule has 0 saturated carbocycles. The molecular formula is C18H13Cl2N5O4. The number of aromatic nitrogens is 2. The van der Waals surface area contributed by atoms with Gasteiger partial charge in [-0.2, -0.15) is 10.1 Å².